The van der Waals surface area contributed by atoms with Crippen LogP contribution >= 0.6 is 0 Å². The van der Waals surface area contributed by atoms with Crippen LogP contribution in [0.5, 0.6) is 0 Å². The van der Waals surface area contributed by atoms with Crippen molar-refractivity contribution in [3.05, 3.63) is 12.2 Å². The van der Waals surface area contributed by atoms with Gasteiger partial charge in [0.25, 0.3) is 0 Å². The number of unbranched alkanes of at least 4 members (excludes halogenated alkanes) is 1. The molecule has 0 aliphatic carbocycles. The molecule has 0 spiro atoms. The number of aliphatic hydroxyl groups excluding tert-OH is 1. The van der Waals surface area contributed by atoms with Crippen molar-refractivity contribution in [1.82, 2.24) is 55.6 Å². The first-order valence-electron chi connectivity index (χ1n) is 31.8. The lowest BCUT2D eigenvalue weighted by molar-refractivity contribution is -0.157. The van der Waals surface area contributed by atoms with Crippen LogP contribution < -0.4 is 21.3 Å². The molecule has 1 heterocycles. The monoisotopic (exact) mass is 1260 g/mol. The second-order valence-corrected chi connectivity index (χ2v) is 26.4. The van der Waals surface area contributed by atoms with Gasteiger partial charge in [-0.1, -0.05) is 95.2 Å². The highest BCUT2D eigenvalue weighted by Gasteiger charge is 2.46. The van der Waals surface area contributed by atoms with E-state index in [-0.39, 0.29) is 69.3 Å². The molecule has 0 unspecified atom stereocenters. The second kappa shape index (κ2) is 37.8. The number of hydrogen-bond donors (Lipinski definition) is 5. The summed E-state index contributed by atoms with van der Waals surface area (Å²) in [5.74, 6) is -10.4. The van der Waals surface area contributed by atoms with Gasteiger partial charge in [-0.2, -0.15) is 0 Å². The highest BCUT2D eigenvalue weighted by atomic mass is 19.1. The van der Waals surface area contributed by atoms with E-state index in [0.717, 1.165) is 14.7 Å². The van der Waals surface area contributed by atoms with Crippen molar-refractivity contribution in [2.45, 2.75) is 228 Å². The standard InChI is InChI=1S/C64H114FN11O13/c1-24-26-29-41(13)54(78)53-58(82)68-45(25-2)60(84)70(17)35-49(77)74(21)52(44(16)89-31-28-27-30-65)57(81)69-50(39(9)10)63(87)71(18)46(32-36(3)4)56(80)66-42(14)55(79)67-43(15)59(83)72(19)47(33-37(5)6)61(85)73(20)48(34-38(7)8)62(86)75(22)51(40(11)12)64(88)76(53)23/h24,26,36-48,50-54,78H,25,27-35H2,1-23H3,(H,66,80)(H,67,79)(H,68,82)(H,69,81)/t41-,42+,43-,44-,45+,46+,47+,48+,50+,51-,52+,53-,54-/m1/s1. The van der Waals surface area contributed by atoms with E-state index in [1.807, 2.05) is 41.5 Å². The Morgan fingerprint density at radius 2 is 1.00 bits per heavy atom. The van der Waals surface area contributed by atoms with Gasteiger partial charge in [0.15, 0.2) is 0 Å². The summed E-state index contributed by atoms with van der Waals surface area (Å²) in [7, 11) is 9.67. The minimum absolute atomic E-state index is 0.00475. The fourth-order valence-corrected chi connectivity index (χ4v) is 11.0. The second-order valence-electron chi connectivity index (χ2n) is 26.4. The molecule has 1 fully saturated rings. The van der Waals surface area contributed by atoms with Gasteiger partial charge in [-0.05, 0) is 108 Å². The van der Waals surface area contributed by atoms with Crippen LogP contribution in [0, 0.1) is 35.5 Å². The predicted octanol–water partition coefficient (Wildman–Crippen LogP) is 3.38. The van der Waals surface area contributed by atoms with Crippen molar-refractivity contribution in [1.29, 1.82) is 0 Å². The molecule has 1 saturated heterocycles. The van der Waals surface area contributed by atoms with E-state index in [0.29, 0.717) is 0 Å². The molecule has 0 aromatic heterocycles. The minimum atomic E-state index is -1.65. The number of rotatable bonds is 19. The normalized spacial score (nSPS) is 26.5. The first-order valence-corrected chi connectivity index (χ1v) is 31.8. The lowest BCUT2D eigenvalue weighted by Crippen LogP contribution is -2.63. The zero-order chi connectivity index (χ0) is 68.8. The summed E-state index contributed by atoms with van der Waals surface area (Å²) < 4.78 is 19.2. The van der Waals surface area contributed by atoms with E-state index in [2.05, 4.69) is 21.3 Å². The van der Waals surface area contributed by atoms with E-state index in [9.17, 15) is 52.6 Å². The van der Waals surface area contributed by atoms with Crippen LogP contribution in [-0.2, 0) is 57.5 Å². The number of nitrogens with one attached hydrogen (secondary N) is 4. The zero-order valence-corrected chi connectivity index (χ0v) is 58.0. The first-order chi connectivity index (χ1) is 41.3. The maximum Gasteiger partial charge on any atom is 0.246 e. The summed E-state index contributed by atoms with van der Waals surface area (Å²) in [6, 6.07) is -13.0. The molecule has 0 aromatic carbocycles. The van der Waals surface area contributed by atoms with Gasteiger partial charge in [0.05, 0.1) is 25.4 Å². The van der Waals surface area contributed by atoms with E-state index >= 15 is 9.59 Å². The molecule has 0 saturated carbocycles. The molecule has 0 aromatic rings. The highest BCUT2D eigenvalue weighted by molar-refractivity contribution is 5.99. The van der Waals surface area contributed by atoms with Crippen molar-refractivity contribution in [2.24, 2.45) is 35.5 Å². The number of nitrogens with zero attached hydrogens (tertiary/aromatic N) is 7. The summed E-state index contributed by atoms with van der Waals surface area (Å²) in [5.41, 5.74) is 0. The summed E-state index contributed by atoms with van der Waals surface area (Å²) in [4.78, 5) is 169. The van der Waals surface area contributed by atoms with Crippen molar-refractivity contribution >= 4 is 65.0 Å². The molecular weight excluding hydrogens is 1150 g/mol. The number of carbonyl (C=O) groups is 11. The van der Waals surface area contributed by atoms with Gasteiger partial charge in [0.1, 0.15) is 60.4 Å². The Morgan fingerprint density at radius 1 is 0.528 bits per heavy atom. The first kappa shape index (κ1) is 80.8. The van der Waals surface area contributed by atoms with Crippen molar-refractivity contribution in [2.75, 3.05) is 69.2 Å². The number of ether oxygens (including phenoxy) is 1. The summed E-state index contributed by atoms with van der Waals surface area (Å²) >= 11 is 0. The number of carbonyl (C=O) groups excluding carboxylic acids is 11. The third kappa shape index (κ3) is 23.2. The third-order valence-corrected chi connectivity index (χ3v) is 16.7. The van der Waals surface area contributed by atoms with E-state index in [4.69, 9.17) is 4.74 Å². The van der Waals surface area contributed by atoms with Gasteiger partial charge in [-0.3, -0.25) is 57.1 Å². The maximum atomic E-state index is 15.2. The molecule has 1 aliphatic rings. The number of likely N-dealkylation sites (N-methyl/N-ethyl adjacent to an activating group) is 7. The van der Waals surface area contributed by atoms with Gasteiger partial charge in [0, 0.05) is 55.9 Å². The van der Waals surface area contributed by atoms with E-state index < -0.39 is 169 Å². The maximum absolute atomic E-state index is 15.2. The molecule has 11 amide bonds. The Bertz CT molecular complexity index is 2410. The number of amides is 11. The topological polar surface area (TPSA) is 288 Å². The van der Waals surface area contributed by atoms with Gasteiger partial charge >= 0.3 is 0 Å². The molecule has 510 valence electrons. The van der Waals surface area contributed by atoms with Gasteiger partial charge in [-0.25, -0.2) is 0 Å². The Balaban J connectivity index is 4.38. The van der Waals surface area contributed by atoms with Crippen LogP contribution in [0.1, 0.15) is 156 Å². The molecule has 5 N–H and O–H groups in total. The average Bonchev–Trinajstić information content (AvgIpc) is 0.987. The molecule has 24 nitrogen and oxygen atoms in total. The number of allylic oxidation sites excluding steroid dienone is 2. The highest BCUT2D eigenvalue weighted by Crippen LogP contribution is 2.26. The van der Waals surface area contributed by atoms with Crippen molar-refractivity contribution < 1.29 is 67.0 Å². The molecular formula is C64H114FN11O13. The molecule has 1 rings (SSSR count). The molecule has 13 atom stereocenters. The summed E-state index contributed by atoms with van der Waals surface area (Å²) in [6.07, 6.45) is 2.06. The molecule has 0 radical (unpaired) electrons. The Morgan fingerprint density at radius 3 is 1.48 bits per heavy atom. The SMILES string of the molecule is CC=CC[C@@H](C)[C@@H](O)[C@@H]1C(=O)N[C@@H](CC)C(=O)N(C)CC(=O)N(C)[C@@H]([C@@H](C)OCCCCF)C(=O)N[C@@H](C(C)C)C(=O)N(C)[C@@H](CC(C)C)C(=O)N[C@@H](C)C(=O)N[C@H](C)C(=O)N(C)[C@@H](CC(C)C)C(=O)N(C)[C@@H](CC(C)C)C(=O)N(C)[C@H](C(C)C)C(=O)N1C. The number of alkyl halides is 1. The van der Waals surface area contributed by atoms with Gasteiger partial charge in [0.2, 0.25) is 65.0 Å². The Labute approximate surface area is 530 Å². The largest absolute Gasteiger partial charge is 0.390 e. The van der Waals surface area contributed by atoms with Crippen molar-refractivity contribution in [3.63, 3.8) is 0 Å². The van der Waals surface area contributed by atoms with E-state index in [1.165, 1.54) is 89.7 Å². The van der Waals surface area contributed by atoms with Crippen LogP contribution in [0.15, 0.2) is 12.2 Å². The lowest BCUT2D eigenvalue weighted by atomic mass is 9.91. The number of aliphatic hydroxyl groups is 1. The molecule has 89 heavy (non-hydrogen) atoms. The van der Waals surface area contributed by atoms with Crippen LogP contribution in [0.4, 0.5) is 4.39 Å². The molecule has 25 heteroatoms. The average molecular weight is 1260 g/mol. The number of hydrogen-bond acceptors (Lipinski definition) is 13. The zero-order valence-electron chi connectivity index (χ0n) is 58.0. The third-order valence-electron chi connectivity index (χ3n) is 16.7. The minimum Gasteiger partial charge on any atom is -0.390 e. The summed E-state index contributed by atoms with van der Waals surface area (Å²) in [5, 5.41) is 23.0. The quantitative estimate of drug-likeness (QED) is 0.0918. The lowest BCUT2D eigenvalue weighted by Gasteiger charge is -2.41. The van der Waals surface area contributed by atoms with E-state index in [1.54, 1.807) is 60.6 Å². The summed E-state index contributed by atoms with van der Waals surface area (Å²) in [6.45, 7) is 26.1. The Hall–Kier alpha value is -6.24. The van der Waals surface area contributed by atoms with Crippen LogP contribution in [-0.4, -0.2) is 246 Å². The van der Waals surface area contributed by atoms with Crippen LogP contribution in [0.3, 0.4) is 0 Å². The predicted molar refractivity (Wildman–Crippen MR) is 340 cm³/mol. The Kier molecular flexibility index (Phi) is 34.3. The van der Waals surface area contributed by atoms with Crippen LogP contribution in [0.25, 0.3) is 0 Å². The molecule has 0 bridgehead atoms. The number of halogens is 1. The van der Waals surface area contributed by atoms with Crippen LogP contribution in [0.2, 0.25) is 0 Å². The van der Waals surface area contributed by atoms with Gasteiger partial charge in [-0.15, -0.1) is 0 Å². The molecule has 1 aliphatic heterocycles. The van der Waals surface area contributed by atoms with Gasteiger partial charge < -0.3 is 65.4 Å². The van der Waals surface area contributed by atoms with Crippen molar-refractivity contribution in [3.8, 4) is 0 Å². The fourth-order valence-electron chi connectivity index (χ4n) is 11.0. The fraction of sp³-hybridized carbons (Fsp3) is 0.797. The smallest absolute Gasteiger partial charge is 0.246 e.